The molecule has 0 saturated carbocycles. The number of fused-ring (bicyclic) bond motifs is 1. The number of benzene rings is 2. The smallest absolute Gasteiger partial charge is 0.266 e. The van der Waals surface area contributed by atoms with Crippen LogP contribution in [-0.4, -0.2) is 29.7 Å². The van der Waals surface area contributed by atoms with Crippen molar-refractivity contribution in [3.8, 4) is 17.2 Å². The predicted molar refractivity (Wildman–Crippen MR) is 175 cm³/mol. The van der Waals surface area contributed by atoms with E-state index in [2.05, 4.69) is 55.2 Å². The fourth-order valence-corrected chi connectivity index (χ4v) is 6.38. The first-order valence-corrected chi connectivity index (χ1v) is 15.6. The zero-order valence-corrected chi connectivity index (χ0v) is 26.7. The van der Waals surface area contributed by atoms with Crippen LogP contribution in [0.2, 0.25) is 0 Å². The average Bonchev–Trinajstić information content (AvgIpc) is 3.23. The van der Waals surface area contributed by atoms with Crippen LogP contribution < -0.4 is 34.7 Å². The molecule has 2 heterocycles. The molecule has 1 aliphatic heterocycles. The van der Waals surface area contributed by atoms with E-state index in [0.29, 0.717) is 28.8 Å². The molecule has 1 aromatic heterocycles. The molecule has 0 unspecified atom stereocenters. The summed E-state index contributed by atoms with van der Waals surface area (Å²) in [6, 6.07) is 5.78. The van der Waals surface area contributed by atoms with Crippen molar-refractivity contribution in [3.05, 3.63) is 70.0 Å². The first-order chi connectivity index (χ1) is 19.5. The molecule has 0 bridgehead atoms. The summed E-state index contributed by atoms with van der Waals surface area (Å²) in [6.07, 6.45) is 7.76. The van der Waals surface area contributed by atoms with Crippen LogP contribution in [0.4, 0.5) is 0 Å². The quantitative estimate of drug-likeness (QED) is 0.233. The van der Waals surface area contributed by atoms with E-state index in [1.54, 1.807) is 0 Å². The molecule has 3 aromatic rings. The monoisotopic (exact) mass is 658 g/mol. The topological polar surface area (TPSA) is 104 Å². The Morgan fingerprint density at radius 1 is 1.17 bits per heavy atom. The van der Waals surface area contributed by atoms with E-state index in [1.165, 1.54) is 16.9 Å². The van der Waals surface area contributed by atoms with Crippen LogP contribution in [0.1, 0.15) is 80.7 Å². The number of hydrogen-bond donors (Lipinski definition) is 2. The highest BCUT2D eigenvalue weighted by Crippen LogP contribution is 2.44. The molecule has 2 aromatic carbocycles. The minimum atomic E-state index is -0.483. The van der Waals surface area contributed by atoms with Gasteiger partial charge in [-0.1, -0.05) is 32.9 Å². The fourth-order valence-electron chi connectivity index (χ4n) is 5.12. The number of amides is 1. The number of nitrogens with one attached hydrogen (secondary N) is 1. The van der Waals surface area contributed by atoms with E-state index in [4.69, 9.17) is 19.9 Å². The average molecular weight is 660 g/mol. The Morgan fingerprint density at radius 2 is 1.90 bits per heavy atom. The Balaban J connectivity index is 0.00000484. The molecule has 9 heteroatoms. The van der Waals surface area contributed by atoms with Gasteiger partial charge in [-0.2, -0.15) is 0 Å². The lowest BCUT2D eigenvalue weighted by atomic mass is 9.87. The number of carbonyl (C=O) groups is 1. The number of aromatic amines is 1. The van der Waals surface area contributed by atoms with Crippen LogP contribution in [0.15, 0.2) is 27.5 Å². The van der Waals surface area contributed by atoms with Gasteiger partial charge in [-0.25, -0.2) is 0 Å². The molecule has 42 heavy (non-hydrogen) atoms. The van der Waals surface area contributed by atoms with Crippen molar-refractivity contribution < 1.29 is 19.0 Å². The predicted octanol–water partition coefficient (Wildman–Crippen LogP) is 5.98. The van der Waals surface area contributed by atoms with Gasteiger partial charge >= 0.3 is 0 Å². The van der Waals surface area contributed by atoms with Gasteiger partial charge in [-0.3, -0.25) is 9.59 Å². The molecule has 0 fully saturated rings. The number of ether oxygens (including phenoxy) is 3. The number of carbonyl (C=O) groups excluding carboxylic acids is 1. The second kappa shape index (κ2) is 14.4. The summed E-state index contributed by atoms with van der Waals surface area (Å²) in [5, 5.41) is 0. The molecule has 1 atom stereocenters. The van der Waals surface area contributed by atoms with Crippen molar-refractivity contribution in [1.29, 1.82) is 0 Å². The maximum absolute atomic E-state index is 12.0. The van der Waals surface area contributed by atoms with Gasteiger partial charge in [0.15, 0.2) is 0 Å². The Labute approximate surface area is 260 Å². The SMILES string of the molecule is C.C=c1[nH]c(=O)/c(=C\c2ccc(OC[C@]3(C)CCc4c(C)c(OCCCCCCC(N)=O)c(C)c(C)c4O3)c(Br)c2)s1. The number of thiazole rings is 1. The fraction of sp³-hybridized carbons (Fsp3) is 0.455. The normalized spacial score (nSPS) is 16.4. The number of hydrogen-bond acceptors (Lipinski definition) is 6. The summed E-state index contributed by atoms with van der Waals surface area (Å²) < 4.78 is 21.2. The summed E-state index contributed by atoms with van der Waals surface area (Å²) in [6.45, 7) is 13.2. The number of rotatable bonds is 12. The second-order valence-corrected chi connectivity index (χ2v) is 13.0. The third kappa shape index (κ3) is 8.07. The first-order valence-electron chi connectivity index (χ1n) is 14.0. The van der Waals surface area contributed by atoms with Crippen LogP contribution in [-0.2, 0) is 11.2 Å². The molecule has 3 N–H and O–H groups in total. The maximum Gasteiger partial charge on any atom is 0.266 e. The molecular formula is C33H43BrN2O5S. The summed E-state index contributed by atoms with van der Waals surface area (Å²) in [4.78, 5) is 25.6. The van der Waals surface area contributed by atoms with E-state index in [1.807, 2.05) is 24.3 Å². The van der Waals surface area contributed by atoms with Crippen molar-refractivity contribution in [2.24, 2.45) is 5.73 Å². The first kappa shape index (κ1) is 33.5. The van der Waals surface area contributed by atoms with Crippen LogP contribution >= 0.6 is 27.3 Å². The lowest BCUT2D eigenvalue weighted by Gasteiger charge is -2.38. The minimum Gasteiger partial charge on any atom is -0.493 e. The van der Waals surface area contributed by atoms with Gasteiger partial charge < -0.3 is 24.9 Å². The summed E-state index contributed by atoms with van der Waals surface area (Å²) >= 11 is 4.96. The highest BCUT2D eigenvalue weighted by Gasteiger charge is 2.35. The van der Waals surface area contributed by atoms with E-state index in [9.17, 15) is 9.59 Å². The lowest BCUT2D eigenvalue weighted by Crippen LogP contribution is -2.42. The van der Waals surface area contributed by atoms with Crippen molar-refractivity contribution >= 4 is 45.8 Å². The van der Waals surface area contributed by atoms with Gasteiger partial charge in [0.05, 0.1) is 20.3 Å². The van der Waals surface area contributed by atoms with Crippen molar-refractivity contribution in [3.63, 3.8) is 0 Å². The third-order valence-electron chi connectivity index (χ3n) is 7.62. The van der Waals surface area contributed by atoms with Crippen LogP contribution in [0.5, 0.6) is 17.2 Å². The van der Waals surface area contributed by atoms with E-state index in [-0.39, 0.29) is 18.9 Å². The lowest BCUT2D eigenvalue weighted by molar-refractivity contribution is -0.118. The van der Waals surface area contributed by atoms with Crippen molar-refractivity contribution in [2.75, 3.05) is 13.2 Å². The molecule has 7 nitrogen and oxygen atoms in total. The summed E-state index contributed by atoms with van der Waals surface area (Å²) in [5.41, 5.74) is 10.0. The van der Waals surface area contributed by atoms with Gasteiger partial charge in [-0.05, 0) is 110 Å². The molecule has 0 aliphatic carbocycles. The number of halogens is 1. The molecule has 1 aliphatic rings. The number of unbranched alkanes of at least 4 members (excludes halogenated alkanes) is 3. The van der Waals surface area contributed by atoms with E-state index < -0.39 is 5.60 Å². The van der Waals surface area contributed by atoms with Crippen LogP contribution in [0.3, 0.4) is 0 Å². The van der Waals surface area contributed by atoms with Gasteiger partial charge in [-0.15, -0.1) is 11.3 Å². The summed E-state index contributed by atoms with van der Waals surface area (Å²) in [7, 11) is 0. The van der Waals surface area contributed by atoms with Crippen LogP contribution in [0.25, 0.3) is 12.7 Å². The molecular weight excluding hydrogens is 616 g/mol. The highest BCUT2D eigenvalue weighted by atomic mass is 79.9. The van der Waals surface area contributed by atoms with Gasteiger partial charge in [0.2, 0.25) is 5.91 Å². The zero-order valence-electron chi connectivity index (χ0n) is 24.3. The molecule has 1 amide bonds. The molecule has 0 spiro atoms. The van der Waals surface area contributed by atoms with Crippen LogP contribution in [0, 0.1) is 20.8 Å². The Hall–Kier alpha value is -3.04. The Kier molecular flexibility index (Phi) is 11.5. The number of primary amides is 1. The summed E-state index contributed by atoms with van der Waals surface area (Å²) in [5.74, 6) is 2.38. The maximum atomic E-state index is 12.0. The standard InChI is InChI=1S/C32H39BrN2O5S.CH4/c1-19-20(2)30-24(21(3)29(19)38-15-9-7-6-8-10-28(34)36)13-14-32(5,40-30)18-39-26-12-11-23(16-25(26)33)17-27-31(37)35-22(4)41-27;/h11-12,16-17H,4,6-10,13-15,18H2,1-3,5H3,(H2,34,36)(H,35,37);1H4/b27-17+;/t32-;/m0./s1. The number of H-pyrrole nitrogens is 1. The molecule has 4 rings (SSSR count). The Bertz CT molecular complexity index is 1600. The van der Waals surface area contributed by atoms with Gasteiger partial charge in [0.25, 0.3) is 5.56 Å². The number of nitrogens with two attached hydrogens (primary N) is 1. The molecule has 228 valence electrons. The van der Waals surface area contributed by atoms with E-state index >= 15 is 0 Å². The highest BCUT2D eigenvalue weighted by molar-refractivity contribution is 9.10. The van der Waals surface area contributed by atoms with Crippen molar-refractivity contribution in [2.45, 2.75) is 85.7 Å². The minimum absolute atomic E-state index is 0. The van der Waals surface area contributed by atoms with Crippen molar-refractivity contribution in [1.82, 2.24) is 4.98 Å². The molecule has 0 radical (unpaired) electrons. The number of aromatic nitrogens is 1. The largest absolute Gasteiger partial charge is 0.493 e. The second-order valence-electron chi connectivity index (χ2n) is 11.0. The van der Waals surface area contributed by atoms with Gasteiger partial charge in [0.1, 0.15) is 29.5 Å². The van der Waals surface area contributed by atoms with Gasteiger partial charge in [0, 0.05) is 12.0 Å². The van der Waals surface area contributed by atoms with E-state index in [0.717, 1.165) is 82.5 Å². The Morgan fingerprint density at radius 3 is 2.57 bits per heavy atom. The zero-order chi connectivity index (χ0) is 29.7. The molecule has 0 saturated heterocycles. The third-order valence-corrected chi connectivity index (χ3v) is 9.12.